The van der Waals surface area contributed by atoms with Crippen LogP contribution in [0, 0.1) is 6.92 Å². The SMILES string of the molecule is C=CCn1c(C)nnc1SC(C)c1nc(CC)no1. The van der Waals surface area contributed by atoms with Crippen LogP contribution in [0.2, 0.25) is 0 Å². The minimum absolute atomic E-state index is 0.0416. The Morgan fingerprint density at radius 2 is 2.26 bits per heavy atom. The first kappa shape index (κ1) is 13.8. The lowest BCUT2D eigenvalue weighted by Gasteiger charge is -2.07. The molecule has 0 aliphatic heterocycles. The molecule has 0 saturated heterocycles. The summed E-state index contributed by atoms with van der Waals surface area (Å²) in [6, 6.07) is 0. The standard InChI is InChI=1S/C12H17N5OS/c1-5-7-17-9(4)14-15-12(17)19-8(3)11-13-10(6-2)16-18-11/h5,8H,1,6-7H2,2-4H3. The molecule has 0 spiro atoms. The second-order valence-electron chi connectivity index (χ2n) is 4.09. The predicted molar refractivity (Wildman–Crippen MR) is 72.9 cm³/mol. The first-order valence-corrected chi connectivity index (χ1v) is 7.03. The fourth-order valence-electron chi connectivity index (χ4n) is 1.57. The van der Waals surface area contributed by atoms with Gasteiger partial charge in [0.2, 0.25) is 5.89 Å². The van der Waals surface area contributed by atoms with E-state index in [1.54, 1.807) is 11.8 Å². The third-order valence-corrected chi connectivity index (χ3v) is 3.71. The van der Waals surface area contributed by atoms with Gasteiger partial charge in [-0.15, -0.1) is 16.8 Å². The van der Waals surface area contributed by atoms with Gasteiger partial charge in [-0.1, -0.05) is 29.9 Å². The molecule has 0 bridgehead atoms. The van der Waals surface area contributed by atoms with E-state index in [0.29, 0.717) is 12.4 Å². The fraction of sp³-hybridized carbons (Fsp3) is 0.500. The predicted octanol–water partition coefficient (Wildman–Crippen LogP) is 2.57. The van der Waals surface area contributed by atoms with E-state index in [0.717, 1.165) is 23.2 Å². The normalized spacial score (nSPS) is 12.6. The Balaban J connectivity index is 2.14. The molecular formula is C12H17N5OS. The summed E-state index contributed by atoms with van der Waals surface area (Å²) in [5, 5.41) is 13.0. The molecule has 102 valence electrons. The molecule has 0 radical (unpaired) electrons. The van der Waals surface area contributed by atoms with E-state index in [4.69, 9.17) is 4.52 Å². The van der Waals surface area contributed by atoms with Gasteiger partial charge in [-0.3, -0.25) is 0 Å². The van der Waals surface area contributed by atoms with Crippen LogP contribution in [0.1, 0.15) is 36.6 Å². The van der Waals surface area contributed by atoms with Crippen LogP contribution < -0.4 is 0 Å². The van der Waals surface area contributed by atoms with Crippen molar-refractivity contribution in [3.63, 3.8) is 0 Å². The maximum atomic E-state index is 5.24. The minimum Gasteiger partial charge on any atom is -0.338 e. The highest BCUT2D eigenvalue weighted by molar-refractivity contribution is 7.99. The Labute approximate surface area is 116 Å². The van der Waals surface area contributed by atoms with Crippen LogP contribution in [0.15, 0.2) is 22.3 Å². The third kappa shape index (κ3) is 3.04. The van der Waals surface area contributed by atoms with Crippen LogP contribution in [0.25, 0.3) is 0 Å². The topological polar surface area (TPSA) is 69.6 Å². The summed E-state index contributed by atoms with van der Waals surface area (Å²) in [4.78, 5) is 4.33. The molecule has 0 fully saturated rings. The molecule has 0 aromatic carbocycles. The van der Waals surface area contributed by atoms with E-state index >= 15 is 0 Å². The summed E-state index contributed by atoms with van der Waals surface area (Å²) in [6.07, 6.45) is 2.60. The lowest BCUT2D eigenvalue weighted by atomic mass is 10.4. The maximum absolute atomic E-state index is 5.24. The summed E-state index contributed by atoms with van der Waals surface area (Å²) >= 11 is 1.55. The molecule has 2 rings (SSSR count). The molecule has 1 atom stereocenters. The van der Waals surface area contributed by atoms with Crippen LogP contribution in [0.3, 0.4) is 0 Å². The average molecular weight is 279 g/mol. The van der Waals surface area contributed by atoms with E-state index in [1.807, 2.05) is 31.4 Å². The van der Waals surface area contributed by atoms with Gasteiger partial charge in [0.15, 0.2) is 11.0 Å². The summed E-state index contributed by atoms with van der Waals surface area (Å²) in [6.45, 7) is 10.4. The number of rotatable bonds is 6. The summed E-state index contributed by atoms with van der Waals surface area (Å²) < 4.78 is 7.24. The molecule has 2 heterocycles. The highest BCUT2D eigenvalue weighted by Crippen LogP contribution is 2.33. The van der Waals surface area contributed by atoms with Crippen LogP contribution in [-0.4, -0.2) is 24.9 Å². The Morgan fingerprint density at radius 3 is 2.89 bits per heavy atom. The number of thioether (sulfide) groups is 1. The molecule has 0 aliphatic carbocycles. The zero-order chi connectivity index (χ0) is 13.8. The number of hydrogen-bond acceptors (Lipinski definition) is 6. The summed E-state index contributed by atoms with van der Waals surface area (Å²) in [7, 11) is 0. The summed E-state index contributed by atoms with van der Waals surface area (Å²) in [5.41, 5.74) is 0. The molecule has 0 amide bonds. The molecule has 7 heteroatoms. The van der Waals surface area contributed by atoms with Gasteiger partial charge in [0, 0.05) is 13.0 Å². The molecule has 6 nitrogen and oxygen atoms in total. The van der Waals surface area contributed by atoms with Crippen molar-refractivity contribution in [2.24, 2.45) is 0 Å². The van der Waals surface area contributed by atoms with E-state index in [9.17, 15) is 0 Å². The van der Waals surface area contributed by atoms with Crippen LogP contribution in [-0.2, 0) is 13.0 Å². The highest BCUT2D eigenvalue weighted by Gasteiger charge is 2.19. The van der Waals surface area contributed by atoms with Gasteiger partial charge in [-0.05, 0) is 13.8 Å². The number of hydrogen-bond donors (Lipinski definition) is 0. The quantitative estimate of drug-likeness (QED) is 0.598. The largest absolute Gasteiger partial charge is 0.338 e. The van der Waals surface area contributed by atoms with Crippen LogP contribution >= 0.6 is 11.8 Å². The van der Waals surface area contributed by atoms with Crippen molar-refractivity contribution in [1.82, 2.24) is 24.9 Å². The third-order valence-electron chi connectivity index (χ3n) is 2.64. The number of allylic oxidation sites excluding steroid dienone is 1. The van der Waals surface area contributed by atoms with Crippen molar-refractivity contribution in [2.45, 2.75) is 44.1 Å². The van der Waals surface area contributed by atoms with Crippen molar-refractivity contribution in [3.8, 4) is 0 Å². The lowest BCUT2D eigenvalue weighted by molar-refractivity contribution is 0.375. The van der Waals surface area contributed by atoms with Crippen LogP contribution in [0.4, 0.5) is 0 Å². The Morgan fingerprint density at radius 1 is 1.47 bits per heavy atom. The van der Waals surface area contributed by atoms with Crippen molar-refractivity contribution in [2.75, 3.05) is 0 Å². The van der Waals surface area contributed by atoms with E-state index in [-0.39, 0.29) is 5.25 Å². The molecule has 1 unspecified atom stereocenters. The Kier molecular flexibility index (Phi) is 4.36. The van der Waals surface area contributed by atoms with Gasteiger partial charge < -0.3 is 9.09 Å². The van der Waals surface area contributed by atoms with Gasteiger partial charge in [-0.25, -0.2) is 0 Å². The van der Waals surface area contributed by atoms with E-state index in [2.05, 4.69) is 26.9 Å². The number of nitrogens with zero attached hydrogens (tertiary/aromatic N) is 5. The van der Waals surface area contributed by atoms with E-state index in [1.165, 1.54) is 0 Å². The van der Waals surface area contributed by atoms with Crippen molar-refractivity contribution in [1.29, 1.82) is 0 Å². The monoisotopic (exact) mass is 279 g/mol. The van der Waals surface area contributed by atoms with Crippen molar-refractivity contribution >= 4 is 11.8 Å². The second kappa shape index (κ2) is 6.01. The second-order valence-corrected chi connectivity index (χ2v) is 5.40. The molecule has 19 heavy (non-hydrogen) atoms. The zero-order valence-corrected chi connectivity index (χ0v) is 12.1. The van der Waals surface area contributed by atoms with Gasteiger partial charge >= 0.3 is 0 Å². The zero-order valence-electron chi connectivity index (χ0n) is 11.3. The molecular weight excluding hydrogens is 262 g/mol. The summed E-state index contributed by atoms with van der Waals surface area (Å²) in [5.74, 6) is 2.22. The molecule has 2 aromatic rings. The Bertz CT molecular complexity index is 562. The first-order chi connectivity index (χ1) is 9.15. The Hall–Kier alpha value is -1.63. The lowest BCUT2D eigenvalue weighted by Crippen LogP contribution is -2.01. The van der Waals surface area contributed by atoms with Crippen LogP contribution in [0.5, 0.6) is 0 Å². The van der Waals surface area contributed by atoms with E-state index < -0.39 is 0 Å². The minimum atomic E-state index is 0.0416. The first-order valence-electron chi connectivity index (χ1n) is 6.15. The fourth-order valence-corrected chi connectivity index (χ4v) is 2.51. The number of aromatic nitrogens is 5. The van der Waals surface area contributed by atoms with Gasteiger partial charge in [0.05, 0.1) is 5.25 Å². The smallest absolute Gasteiger partial charge is 0.239 e. The van der Waals surface area contributed by atoms with Crippen molar-refractivity contribution < 1.29 is 4.52 Å². The highest BCUT2D eigenvalue weighted by atomic mass is 32.2. The van der Waals surface area contributed by atoms with Gasteiger partial charge in [0.1, 0.15) is 5.82 Å². The molecule has 2 aromatic heterocycles. The average Bonchev–Trinajstić information content (AvgIpc) is 3.00. The van der Waals surface area contributed by atoms with Gasteiger partial charge in [0.25, 0.3) is 0 Å². The molecule has 0 aliphatic rings. The molecule has 0 saturated carbocycles. The maximum Gasteiger partial charge on any atom is 0.239 e. The molecule has 0 N–H and O–H groups in total. The number of aryl methyl sites for hydroxylation is 2. The van der Waals surface area contributed by atoms with Crippen molar-refractivity contribution in [3.05, 3.63) is 30.2 Å². The van der Waals surface area contributed by atoms with Gasteiger partial charge in [-0.2, -0.15) is 4.98 Å².